The van der Waals surface area contributed by atoms with Gasteiger partial charge in [0.2, 0.25) is 0 Å². The molecule has 13 rings (SSSR count). The maximum absolute atomic E-state index is 2.56. The summed E-state index contributed by atoms with van der Waals surface area (Å²) in [4.78, 5) is 0. The predicted octanol–water partition coefficient (Wildman–Crippen LogP) is 16.5. The van der Waals surface area contributed by atoms with Crippen molar-refractivity contribution in [3.63, 3.8) is 0 Å². The normalized spacial score (nSPS) is 13.5. The maximum Gasteiger partial charge on any atom is 0.0368 e. The van der Waals surface area contributed by atoms with Gasteiger partial charge < -0.3 is 0 Å². The molecule has 0 saturated heterocycles. The highest BCUT2D eigenvalue weighted by Crippen LogP contribution is 2.59. The van der Waals surface area contributed by atoms with Gasteiger partial charge in [-0.3, -0.25) is 0 Å². The van der Waals surface area contributed by atoms with Crippen molar-refractivity contribution in [2.45, 2.75) is 12.8 Å². The quantitative estimate of drug-likeness (QED) is 0.140. The Balaban J connectivity index is 1.07. The molecule has 0 radical (unpaired) electrons. The highest BCUT2D eigenvalue weighted by Gasteiger charge is 2.32. The first-order valence-corrected chi connectivity index (χ1v) is 24.5. The lowest BCUT2D eigenvalue weighted by Gasteiger charge is -2.22. The average Bonchev–Trinajstić information content (AvgIpc) is 3.90. The number of hydrogen-bond donors (Lipinski definition) is 0. The molecule has 1 atom stereocenters. The van der Waals surface area contributed by atoms with Gasteiger partial charge in [0.15, 0.2) is 0 Å². The molecule has 2 aliphatic rings. The molecule has 1 heterocycles. The van der Waals surface area contributed by atoms with E-state index in [1.807, 2.05) is 11.3 Å². The van der Waals surface area contributed by atoms with Crippen molar-refractivity contribution in [2.24, 2.45) is 0 Å². The van der Waals surface area contributed by atoms with Crippen LogP contribution < -0.4 is 15.9 Å². The fourth-order valence-electron chi connectivity index (χ4n) is 10.7. The molecule has 10 aromatic carbocycles. The Kier molecular flexibility index (Phi) is 8.93. The van der Waals surface area contributed by atoms with Crippen LogP contribution in [0.4, 0.5) is 0 Å². The Bertz CT molecular complexity index is 3710. The van der Waals surface area contributed by atoms with E-state index >= 15 is 0 Å². The minimum atomic E-state index is -0.900. The minimum Gasteiger partial charge on any atom is -0.135 e. The fraction of sp³-hybridized carbons (Fsp3) is 0.0323. The summed E-state index contributed by atoms with van der Waals surface area (Å²) in [7, 11) is -0.900. The second kappa shape index (κ2) is 15.3. The summed E-state index contributed by atoms with van der Waals surface area (Å²) in [6.07, 6.45) is 8.96. The van der Waals surface area contributed by atoms with E-state index in [0.29, 0.717) is 0 Å². The summed E-state index contributed by atoms with van der Waals surface area (Å²) in [5.41, 5.74) is 15.7. The molecule has 0 saturated carbocycles. The molecule has 1 unspecified atom stereocenters. The number of rotatable bonds is 7. The highest BCUT2D eigenvalue weighted by atomic mass is 32.1. The Morgan fingerprint density at radius 3 is 1.59 bits per heavy atom. The molecule has 2 aliphatic carbocycles. The van der Waals surface area contributed by atoms with Gasteiger partial charge in [-0.25, -0.2) is 0 Å². The molecule has 0 bridgehead atoms. The van der Waals surface area contributed by atoms with Gasteiger partial charge in [-0.2, -0.15) is 0 Å². The van der Waals surface area contributed by atoms with Crippen LogP contribution in [0, 0.1) is 0 Å². The zero-order chi connectivity index (χ0) is 42.1. The van der Waals surface area contributed by atoms with Crippen LogP contribution in [0.2, 0.25) is 0 Å². The molecule has 0 spiro atoms. The van der Waals surface area contributed by atoms with E-state index in [4.69, 9.17) is 0 Å². The van der Waals surface area contributed by atoms with Crippen molar-refractivity contribution < 1.29 is 0 Å². The summed E-state index contributed by atoms with van der Waals surface area (Å²) < 4.78 is 2.67. The second-order valence-electron chi connectivity index (χ2n) is 17.0. The maximum atomic E-state index is 2.56. The first-order valence-electron chi connectivity index (χ1n) is 22.3. The van der Waals surface area contributed by atoms with Crippen LogP contribution in [0.15, 0.2) is 224 Å². The van der Waals surface area contributed by atoms with Crippen molar-refractivity contribution in [3.8, 4) is 55.6 Å². The van der Waals surface area contributed by atoms with Crippen LogP contribution in [0.25, 0.3) is 103 Å². The molecule has 300 valence electrons. The van der Waals surface area contributed by atoms with Gasteiger partial charge >= 0.3 is 0 Å². The molecule has 64 heavy (non-hydrogen) atoms. The van der Waals surface area contributed by atoms with Crippen molar-refractivity contribution in [1.29, 1.82) is 0 Å². The molecule has 1 aromatic heterocycles. The summed E-state index contributed by atoms with van der Waals surface area (Å²) >= 11 is 1.94. The highest BCUT2D eigenvalue weighted by molar-refractivity contribution is 7.79. The van der Waals surface area contributed by atoms with Crippen LogP contribution in [0.5, 0.6) is 0 Å². The summed E-state index contributed by atoms with van der Waals surface area (Å²) in [5, 5.41) is 12.1. The van der Waals surface area contributed by atoms with E-state index in [1.54, 1.807) is 0 Å². The van der Waals surface area contributed by atoms with E-state index in [0.717, 1.165) is 12.8 Å². The van der Waals surface area contributed by atoms with Crippen molar-refractivity contribution in [2.75, 3.05) is 0 Å². The van der Waals surface area contributed by atoms with Gasteiger partial charge in [0, 0.05) is 20.2 Å². The Labute approximate surface area is 378 Å². The van der Waals surface area contributed by atoms with Crippen LogP contribution in [-0.4, -0.2) is 0 Å². The summed E-state index contributed by atoms with van der Waals surface area (Å²) in [6.45, 7) is 0. The monoisotopic (exact) mass is 848 g/mol. The largest absolute Gasteiger partial charge is 0.135 e. The lowest BCUT2D eigenvalue weighted by Crippen LogP contribution is -2.21. The van der Waals surface area contributed by atoms with E-state index < -0.39 is 7.92 Å². The third kappa shape index (κ3) is 6.00. The van der Waals surface area contributed by atoms with Gasteiger partial charge in [0.05, 0.1) is 0 Å². The zero-order valence-electron chi connectivity index (χ0n) is 35.1. The SMILES string of the molecule is C1=CCCC(c2cccc(P(c3cccc(-c4ccccc4)c3)c3ccc4sc5cc6c7c(cccc7c5c4c3)-c3c-6c(-c4ccccc4)c4ccccc4c3-c3ccccc3)c2)=C1. The molecule has 0 N–H and O–H groups in total. The van der Waals surface area contributed by atoms with Gasteiger partial charge in [0.1, 0.15) is 0 Å². The van der Waals surface area contributed by atoms with Crippen LogP contribution in [0.3, 0.4) is 0 Å². The van der Waals surface area contributed by atoms with Gasteiger partial charge in [0.25, 0.3) is 0 Å². The van der Waals surface area contributed by atoms with Gasteiger partial charge in [-0.05, 0) is 155 Å². The first-order chi connectivity index (χ1) is 31.8. The van der Waals surface area contributed by atoms with Crippen LogP contribution in [0.1, 0.15) is 18.4 Å². The third-order valence-corrected chi connectivity index (χ3v) is 16.9. The van der Waals surface area contributed by atoms with Crippen molar-refractivity contribution in [1.82, 2.24) is 0 Å². The molecule has 2 heteroatoms. The minimum absolute atomic E-state index is 0.900. The molecular weight excluding hydrogens is 808 g/mol. The lowest BCUT2D eigenvalue weighted by atomic mass is 9.82. The molecule has 0 fully saturated rings. The molecular formula is C62H41PS. The number of allylic oxidation sites excluding steroid dienone is 4. The third-order valence-electron chi connectivity index (χ3n) is 13.4. The number of fused-ring (bicyclic) bond motifs is 8. The summed E-state index contributed by atoms with van der Waals surface area (Å²) in [6, 6.07) is 77.7. The fourth-order valence-corrected chi connectivity index (χ4v) is 14.2. The smallest absolute Gasteiger partial charge is 0.0368 e. The van der Waals surface area contributed by atoms with E-state index in [2.05, 4.69) is 224 Å². The number of hydrogen-bond acceptors (Lipinski definition) is 1. The van der Waals surface area contributed by atoms with E-state index in [-0.39, 0.29) is 0 Å². The van der Waals surface area contributed by atoms with Crippen molar-refractivity contribution >= 4 is 82.5 Å². The van der Waals surface area contributed by atoms with Crippen LogP contribution >= 0.6 is 19.3 Å². The predicted molar refractivity (Wildman–Crippen MR) is 280 cm³/mol. The van der Waals surface area contributed by atoms with E-state index in [9.17, 15) is 0 Å². The standard InChI is InChI=1S/C62H41PS/c1-5-18-40(19-6-1)44-26-15-28-46(36-44)63(47-29-16-27-45(37-47)41-20-7-2-8-21-41)48-34-35-55-53(38-48)60-51-32-17-33-52-59(51)54(39-56(60)64-55)62-58(43-24-11-4-12-25-43)50-31-14-13-30-49(50)57(61(52)62)42-22-9-3-10-23-42/h1-7,9-20,22-39H,8,21H2. The van der Waals surface area contributed by atoms with E-state index in [1.165, 1.54) is 124 Å². The Hall–Kier alpha value is -7.15. The molecule has 0 aliphatic heterocycles. The topological polar surface area (TPSA) is 0 Å². The lowest BCUT2D eigenvalue weighted by molar-refractivity contribution is 1.05. The molecule has 11 aromatic rings. The Morgan fingerprint density at radius 2 is 0.922 bits per heavy atom. The first kappa shape index (κ1) is 37.4. The molecule has 0 nitrogen and oxygen atoms in total. The number of thiophene rings is 1. The van der Waals surface area contributed by atoms with Gasteiger partial charge in [-0.15, -0.1) is 11.3 Å². The summed E-state index contributed by atoms with van der Waals surface area (Å²) in [5.74, 6) is 0. The zero-order valence-corrected chi connectivity index (χ0v) is 36.8. The van der Waals surface area contributed by atoms with Crippen LogP contribution in [-0.2, 0) is 0 Å². The number of benzene rings is 10. The average molecular weight is 849 g/mol. The second-order valence-corrected chi connectivity index (χ2v) is 20.4. The van der Waals surface area contributed by atoms with Gasteiger partial charge in [-0.1, -0.05) is 194 Å². The van der Waals surface area contributed by atoms with Crippen molar-refractivity contribution in [3.05, 3.63) is 230 Å². The Morgan fingerprint density at radius 1 is 0.359 bits per heavy atom. The molecule has 0 amide bonds.